The second kappa shape index (κ2) is 5.94. The van der Waals surface area contributed by atoms with Crippen LogP contribution in [0.4, 0.5) is 0 Å². The Labute approximate surface area is 123 Å². The van der Waals surface area contributed by atoms with Gasteiger partial charge in [-0.25, -0.2) is 0 Å². The van der Waals surface area contributed by atoms with Crippen LogP contribution in [0.2, 0.25) is 0 Å². The van der Waals surface area contributed by atoms with E-state index in [1.165, 1.54) is 30.6 Å². The highest BCUT2D eigenvalue weighted by Gasteiger charge is 2.19. The number of rotatable bonds is 4. The number of nitrogens with zero attached hydrogens (tertiary/aromatic N) is 1. The summed E-state index contributed by atoms with van der Waals surface area (Å²) >= 11 is 1.56. The molecule has 106 valence electrons. The van der Waals surface area contributed by atoms with E-state index in [4.69, 9.17) is 0 Å². The quantitative estimate of drug-likeness (QED) is 0.937. The maximum atomic E-state index is 12.2. The number of likely N-dealkylation sites (tertiary alicyclic amines) is 1. The van der Waals surface area contributed by atoms with Gasteiger partial charge in [0.2, 0.25) is 0 Å². The number of hydrogen-bond acceptors (Lipinski definition) is 3. The van der Waals surface area contributed by atoms with Crippen molar-refractivity contribution in [3.63, 3.8) is 0 Å². The summed E-state index contributed by atoms with van der Waals surface area (Å²) in [5.41, 5.74) is 0. The van der Waals surface area contributed by atoms with Crippen LogP contribution in [-0.4, -0.2) is 36.5 Å². The summed E-state index contributed by atoms with van der Waals surface area (Å²) in [6.45, 7) is 5.25. The van der Waals surface area contributed by atoms with Crippen molar-refractivity contribution in [3.8, 4) is 0 Å². The summed E-state index contributed by atoms with van der Waals surface area (Å²) in [4.78, 5) is 15.5. The highest BCUT2D eigenvalue weighted by molar-refractivity contribution is 7.20. The van der Waals surface area contributed by atoms with Gasteiger partial charge in [0.15, 0.2) is 0 Å². The molecule has 1 atom stereocenters. The fourth-order valence-electron chi connectivity index (χ4n) is 2.73. The van der Waals surface area contributed by atoms with Gasteiger partial charge in [-0.05, 0) is 50.4 Å². The Morgan fingerprint density at radius 3 is 2.85 bits per heavy atom. The molecule has 0 bridgehead atoms. The molecule has 4 heteroatoms. The minimum atomic E-state index is 0.0530. The molecule has 1 aromatic carbocycles. The van der Waals surface area contributed by atoms with Crippen molar-refractivity contribution >= 4 is 27.3 Å². The summed E-state index contributed by atoms with van der Waals surface area (Å²) in [7, 11) is 0. The van der Waals surface area contributed by atoms with E-state index in [-0.39, 0.29) is 5.91 Å². The first-order valence-corrected chi connectivity index (χ1v) is 8.06. The largest absolute Gasteiger partial charge is 0.350 e. The molecule has 0 aliphatic carbocycles. The maximum Gasteiger partial charge on any atom is 0.261 e. The molecule has 1 fully saturated rings. The summed E-state index contributed by atoms with van der Waals surface area (Å²) in [6.07, 6.45) is 2.57. The van der Waals surface area contributed by atoms with Crippen LogP contribution in [0.3, 0.4) is 0 Å². The smallest absolute Gasteiger partial charge is 0.261 e. The van der Waals surface area contributed by atoms with Gasteiger partial charge in [0, 0.05) is 17.3 Å². The molecule has 1 aliphatic heterocycles. The lowest BCUT2D eigenvalue weighted by Gasteiger charge is -2.23. The van der Waals surface area contributed by atoms with E-state index in [9.17, 15) is 4.79 Å². The fraction of sp³-hybridized carbons (Fsp3) is 0.438. The molecule has 1 aliphatic rings. The third-order valence-corrected chi connectivity index (χ3v) is 5.09. The van der Waals surface area contributed by atoms with E-state index in [0.29, 0.717) is 6.04 Å². The third-order valence-electron chi connectivity index (χ3n) is 3.97. The predicted octanol–water partition coefficient (Wildman–Crippen LogP) is 3.12. The third kappa shape index (κ3) is 2.86. The maximum absolute atomic E-state index is 12.2. The van der Waals surface area contributed by atoms with Crippen LogP contribution in [0.1, 0.15) is 29.4 Å². The van der Waals surface area contributed by atoms with Gasteiger partial charge in [0.05, 0.1) is 4.88 Å². The van der Waals surface area contributed by atoms with Crippen LogP contribution in [0.25, 0.3) is 10.1 Å². The summed E-state index contributed by atoms with van der Waals surface area (Å²) in [6, 6.07) is 10.5. The highest BCUT2D eigenvalue weighted by atomic mass is 32.1. The van der Waals surface area contributed by atoms with Crippen molar-refractivity contribution in [3.05, 3.63) is 35.2 Å². The lowest BCUT2D eigenvalue weighted by atomic mass is 10.2. The molecule has 0 unspecified atom stereocenters. The van der Waals surface area contributed by atoms with Crippen LogP contribution in [-0.2, 0) is 0 Å². The van der Waals surface area contributed by atoms with Crippen LogP contribution in [0, 0.1) is 0 Å². The number of hydrogen-bond donors (Lipinski definition) is 1. The van der Waals surface area contributed by atoms with Gasteiger partial charge in [0.1, 0.15) is 0 Å². The molecular weight excluding hydrogens is 268 g/mol. The molecule has 3 nitrogen and oxygen atoms in total. The number of carbonyl (C=O) groups is 1. The molecular formula is C16H20N2OS. The molecule has 2 heterocycles. The zero-order chi connectivity index (χ0) is 13.9. The van der Waals surface area contributed by atoms with Crippen LogP contribution in [0.5, 0.6) is 0 Å². The number of amides is 1. The van der Waals surface area contributed by atoms with Crippen molar-refractivity contribution < 1.29 is 4.79 Å². The molecule has 0 radical (unpaired) electrons. The number of nitrogens with one attached hydrogen (secondary N) is 1. The monoisotopic (exact) mass is 288 g/mol. The van der Waals surface area contributed by atoms with Crippen molar-refractivity contribution in [2.45, 2.75) is 25.8 Å². The van der Waals surface area contributed by atoms with Crippen molar-refractivity contribution in [2.24, 2.45) is 0 Å². The second-order valence-corrected chi connectivity index (χ2v) is 6.53. The number of thiophene rings is 1. The van der Waals surface area contributed by atoms with Gasteiger partial charge < -0.3 is 5.32 Å². The highest BCUT2D eigenvalue weighted by Crippen LogP contribution is 2.25. The Morgan fingerprint density at radius 2 is 2.10 bits per heavy atom. The summed E-state index contributed by atoms with van der Waals surface area (Å²) < 4.78 is 1.17. The Balaban J connectivity index is 1.61. The predicted molar refractivity (Wildman–Crippen MR) is 84.4 cm³/mol. The summed E-state index contributed by atoms with van der Waals surface area (Å²) in [5.74, 6) is 0.0530. The zero-order valence-corrected chi connectivity index (χ0v) is 12.6. The van der Waals surface area contributed by atoms with E-state index >= 15 is 0 Å². The molecule has 3 rings (SSSR count). The average molecular weight is 288 g/mol. The first-order chi connectivity index (χ1) is 9.74. The van der Waals surface area contributed by atoms with Gasteiger partial charge in [-0.3, -0.25) is 9.69 Å². The molecule has 0 saturated carbocycles. The average Bonchev–Trinajstić information content (AvgIpc) is 3.12. The van der Waals surface area contributed by atoms with E-state index in [0.717, 1.165) is 16.8 Å². The van der Waals surface area contributed by atoms with Crippen molar-refractivity contribution in [1.82, 2.24) is 10.2 Å². The Morgan fingerprint density at radius 1 is 1.35 bits per heavy atom. The Kier molecular flexibility index (Phi) is 4.03. The molecule has 0 spiro atoms. The first-order valence-electron chi connectivity index (χ1n) is 7.25. The van der Waals surface area contributed by atoms with Gasteiger partial charge in [-0.1, -0.05) is 18.2 Å². The van der Waals surface area contributed by atoms with E-state index < -0.39 is 0 Å². The van der Waals surface area contributed by atoms with Gasteiger partial charge in [0.25, 0.3) is 5.91 Å². The van der Waals surface area contributed by atoms with Crippen molar-refractivity contribution in [2.75, 3.05) is 19.6 Å². The van der Waals surface area contributed by atoms with Crippen LogP contribution >= 0.6 is 11.3 Å². The minimum absolute atomic E-state index is 0.0530. The summed E-state index contributed by atoms with van der Waals surface area (Å²) in [5, 5.41) is 4.21. The molecule has 1 saturated heterocycles. The molecule has 2 aromatic rings. The number of fused-ring (bicyclic) bond motifs is 1. The van der Waals surface area contributed by atoms with Gasteiger partial charge >= 0.3 is 0 Å². The zero-order valence-electron chi connectivity index (χ0n) is 11.8. The van der Waals surface area contributed by atoms with E-state index in [1.54, 1.807) is 11.3 Å². The van der Waals surface area contributed by atoms with Crippen LogP contribution in [0.15, 0.2) is 30.3 Å². The lowest BCUT2D eigenvalue weighted by Crippen LogP contribution is -2.40. The molecule has 1 N–H and O–H groups in total. The number of benzene rings is 1. The standard InChI is InChI=1S/C16H20N2OS/c1-12(18-8-4-5-9-18)11-17-16(19)15-10-13-6-2-3-7-14(13)20-15/h2-3,6-7,10,12H,4-5,8-9,11H2,1H3,(H,17,19)/t12-/m1/s1. The van der Waals surface area contributed by atoms with Gasteiger partial charge in [-0.2, -0.15) is 0 Å². The SMILES string of the molecule is C[C@H](CNC(=O)c1cc2ccccc2s1)N1CCCC1. The minimum Gasteiger partial charge on any atom is -0.350 e. The number of carbonyl (C=O) groups excluding carboxylic acids is 1. The Bertz CT molecular complexity index is 568. The normalized spacial score (nSPS) is 17.4. The Hall–Kier alpha value is -1.39. The van der Waals surface area contributed by atoms with Gasteiger partial charge in [-0.15, -0.1) is 11.3 Å². The van der Waals surface area contributed by atoms with E-state index in [1.807, 2.05) is 18.2 Å². The molecule has 1 aromatic heterocycles. The van der Waals surface area contributed by atoms with Crippen molar-refractivity contribution in [1.29, 1.82) is 0 Å². The fourth-order valence-corrected chi connectivity index (χ4v) is 3.71. The molecule has 20 heavy (non-hydrogen) atoms. The van der Waals surface area contributed by atoms with E-state index in [2.05, 4.69) is 29.3 Å². The van der Waals surface area contributed by atoms with Crippen LogP contribution < -0.4 is 5.32 Å². The lowest BCUT2D eigenvalue weighted by molar-refractivity contribution is 0.0944. The topological polar surface area (TPSA) is 32.3 Å². The first kappa shape index (κ1) is 13.6. The second-order valence-electron chi connectivity index (χ2n) is 5.45. The molecule has 1 amide bonds.